The fourth-order valence-corrected chi connectivity index (χ4v) is 1.85. The van der Waals surface area contributed by atoms with Crippen molar-refractivity contribution >= 4 is 17.8 Å². The summed E-state index contributed by atoms with van der Waals surface area (Å²) in [6.45, 7) is 0.830. The summed E-state index contributed by atoms with van der Waals surface area (Å²) in [5.41, 5.74) is 5.37. The number of anilines is 1. The topological polar surface area (TPSA) is 113 Å². The number of nitrogens with two attached hydrogens (primary N) is 1. The van der Waals surface area contributed by atoms with Gasteiger partial charge in [0.1, 0.15) is 12.9 Å². The zero-order valence-electron chi connectivity index (χ0n) is 10.5. The van der Waals surface area contributed by atoms with Gasteiger partial charge in [-0.2, -0.15) is 0 Å². The monoisotopic (exact) mass is 269 g/mol. The maximum atomic E-state index is 12.1. The molecule has 0 aliphatic carbocycles. The molecule has 1 aliphatic heterocycles. The lowest BCUT2D eigenvalue weighted by atomic mass is 10.2. The Morgan fingerprint density at radius 3 is 3.05 bits per heavy atom. The van der Waals surface area contributed by atoms with E-state index in [1.54, 1.807) is 0 Å². The standard InChI is InChI=1S/C10H15N5O4/c1-18-9(17)7-5-19-3-2-15(7)8(16)4-14-6-12-10(11)13-14/h6-7H,2-5H2,1H3,(H2,11,13). The van der Waals surface area contributed by atoms with Crippen molar-refractivity contribution in [3.63, 3.8) is 0 Å². The summed E-state index contributed by atoms with van der Waals surface area (Å²) in [6.07, 6.45) is 1.36. The van der Waals surface area contributed by atoms with Crippen molar-refractivity contribution in [3.8, 4) is 0 Å². The van der Waals surface area contributed by atoms with Gasteiger partial charge in [-0.05, 0) is 0 Å². The van der Waals surface area contributed by atoms with Crippen LogP contribution < -0.4 is 5.73 Å². The molecule has 104 valence electrons. The third kappa shape index (κ3) is 2.99. The highest BCUT2D eigenvalue weighted by atomic mass is 16.5. The van der Waals surface area contributed by atoms with Gasteiger partial charge in [-0.1, -0.05) is 0 Å². The average Bonchev–Trinajstić information content (AvgIpc) is 2.83. The Hall–Kier alpha value is -2.16. The second-order valence-corrected chi connectivity index (χ2v) is 4.00. The van der Waals surface area contributed by atoms with Gasteiger partial charge < -0.3 is 20.1 Å². The van der Waals surface area contributed by atoms with E-state index in [0.29, 0.717) is 13.2 Å². The molecule has 0 aromatic carbocycles. The van der Waals surface area contributed by atoms with Crippen molar-refractivity contribution in [2.75, 3.05) is 32.6 Å². The van der Waals surface area contributed by atoms with Gasteiger partial charge >= 0.3 is 5.97 Å². The first-order valence-corrected chi connectivity index (χ1v) is 5.71. The van der Waals surface area contributed by atoms with Crippen molar-refractivity contribution < 1.29 is 19.1 Å². The molecule has 2 N–H and O–H groups in total. The molecule has 0 radical (unpaired) electrons. The highest BCUT2D eigenvalue weighted by Crippen LogP contribution is 2.09. The average molecular weight is 269 g/mol. The van der Waals surface area contributed by atoms with Crippen LogP contribution in [0.1, 0.15) is 0 Å². The Kier molecular flexibility index (Phi) is 3.95. The molecule has 1 aromatic heterocycles. The molecule has 1 unspecified atom stereocenters. The molecule has 2 rings (SSSR count). The molecule has 1 aromatic rings. The number of amides is 1. The third-order valence-corrected chi connectivity index (χ3v) is 2.77. The number of ether oxygens (including phenoxy) is 2. The summed E-state index contributed by atoms with van der Waals surface area (Å²) < 4.78 is 11.2. The van der Waals surface area contributed by atoms with Crippen LogP contribution in [0.2, 0.25) is 0 Å². The van der Waals surface area contributed by atoms with Crippen molar-refractivity contribution in [2.24, 2.45) is 0 Å². The van der Waals surface area contributed by atoms with Gasteiger partial charge in [0.25, 0.3) is 0 Å². The van der Waals surface area contributed by atoms with E-state index in [1.165, 1.54) is 23.0 Å². The van der Waals surface area contributed by atoms with Gasteiger partial charge in [0.15, 0.2) is 6.04 Å². The van der Waals surface area contributed by atoms with Gasteiger partial charge in [0.05, 0.1) is 20.3 Å². The number of morpholine rings is 1. The molecule has 0 spiro atoms. The van der Waals surface area contributed by atoms with Crippen LogP contribution in [0.25, 0.3) is 0 Å². The Morgan fingerprint density at radius 2 is 2.42 bits per heavy atom. The first-order valence-electron chi connectivity index (χ1n) is 5.71. The predicted molar refractivity (Wildman–Crippen MR) is 62.8 cm³/mol. The lowest BCUT2D eigenvalue weighted by Crippen LogP contribution is -2.53. The minimum atomic E-state index is -0.716. The van der Waals surface area contributed by atoms with Crippen molar-refractivity contribution in [3.05, 3.63) is 6.33 Å². The summed E-state index contributed by atoms with van der Waals surface area (Å²) in [7, 11) is 1.28. The third-order valence-electron chi connectivity index (χ3n) is 2.77. The molecule has 9 heteroatoms. The van der Waals surface area contributed by atoms with Crippen LogP contribution in [0.3, 0.4) is 0 Å². The van der Waals surface area contributed by atoms with Crippen molar-refractivity contribution in [2.45, 2.75) is 12.6 Å². The SMILES string of the molecule is COC(=O)C1COCCN1C(=O)Cn1cnc(N)n1. The number of carbonyl (C=O) groups excluding carboxylic acids is 2. The summed E-state index contributed by atoms with van der Waals surface area (Å²) >= 11 is 0. The summed E-state index contributed by atoms with van der Waals surface area (Å²) in [6, 6.07) is -0.716. The van der Waals surface area contributed by atoms with E-state index in [1.807, 2.05) is 0 Å². The number of hydrogen-bond acceptors (Lipinski definition) is 7. The second-order valence-electron chi connectivity index (χ2n) is 4.00. The van der Waals surface area contributed by atoms with E-state index < -0.39 is 12.0 Å². The normalized spacial score (nSPS) is 19.2. The zero-order valence-corrected chi connectivity index (χ0v) is 10.5. The van der Waals surface area contributed by atoms with Gasteiger partial charge in [-0.15, -0.1) is 5.10 Å². The lowest BCUT2D eigenvalue weighted by molar-refractivity contribution is -0.161. The van der Waals surface area contributed by atoms with Crippen LogP contribution in [-0.2, 0) is 25.6 Å². The minimum absolute atomic E-state index is 0.0301. The Morgan fingerprint density at radius 1 is 1.63 bits per heavy atom. The fourth-order valence-electron chi connectivity index (χ4n) is 1.85. The van der Waals surface area contributed by atoms with Crippen LogP contribution in [0.15, 0.2) is 6.33 Å². The number of nitrogens with zero attached hydrogens (tertiary/aromatic N) is 4. The lowest BCUT2D eigenvalue weighted by Gasteiger charge is -2.33. The molecule has 1 fully saturated rings. The first-order chi connectivity index (χ1) is 9.11. The van der Waals surface area contributed by atoms with Gasteiger partial charge in [0.2, 0.25) is 11.9 Å². The van der Waals surface area contributed by atoms with E-state index in [2.05, 4.69) is 14.8 Å². The second kappa shape index (κ2) is 5.65. The Bertz CT molecular complexity index is 474. The molecular formula is C10H15N5O4. The number of carbonyl (C=O) groups is 2. The van der Waals surface area contributed by atoms with Crippen LogP contribution in [0, 0.1) is 0 Å². The largest absolute Gasteiger partial charge is 0.467 e. The molecule has 0 bridgehead atoms. The summed E-state index contributed by atoms with van der Waals surface area (Å²) in [5, 5.41) is 3.82. The Balaban J connectivity index is 2.05. The first kappa shape index (κ1) is 13.3. The van der Waals surface area contributed by atoms with Crippen molar-refractivity contribution in [1.82, 2.24) is 19.7 Å². The van der Waals surface area contributed by atoms with Gasteiger partial charge in [0, 0.05) is 6.54 Å². The van der Waals surface area contributed by atoms with E-state index in [4.69, 9.17) is 10.5 Å². The Labute approximate surface area is 109 Å². The minimum Gasteiger partial charge on any atom is -0.467 e. The number of esters is 1. The molecule has 9 nitrogen and oxygen atoms in total. The molecule has 1 amide bonds. The smallest absolute Gasteiger partial charge is 0.331 e. The number of methoxy groups -OCH3 is 1. The molecule has 1 saturated heterocycles. The van der Waals surface area contributed by atoms with E-state index >= 15 is 0 Å². The van der Waals surface area contributed by atoms with Gasteiger partial charge in [-0.25, -0.2) is 14.5 Å². The van der Waals surface area contributed by atoms with Crippen LogP contribution >= 0.6 is 0 Å². The number of aromatic nitrogens is 3. The maximum absolute atomic E-state index is 12.1. The predicted octanol–water partition coefficient (Wildman–Crippen LogP) is -1.74. The highest BCUT2D eigenvalue weighted by molar-refractivity contribution is 5.84. The molecular weight excluding hydrogens is 254 g/mol. The zero-order chi connectivity index (χ0) is 13.8. The van der Waals surface area contributed by atoms with E-state index in [-0.39, 0.29) is 25.0 Å². The van der Waals surface area contributed by atoms with E-state index in [9.17, 15) is 9.59 Å². The van der Waals surface area contributed by atoms with Gasteiger partial charge in [-0.3, -0.25) is 4.79 Å². The highest BCUT2D eigenvalue weighted by Gasteiger charge is 2.33. The number of nitrogen functional groups attached to an aromatic ring is 1. The molecule has 2 heterocycles. The molecule has 1 atom stereocenters. The number of hydrogen-bond donors (Lipinski definition) is 1. The molecule has 1 aliphatic rings. The number of rotatable bonds is 3. The van der Waals surface area contributed by atoms with Crippen molar-refractivity contribution in [1.29, 1.82) is 0 Å². The van der Waals surface area contributed by atoms with Crippen LogP contribution in [0.5, 0.6) is 0 Å². The quantitative estimate of drug-likeness (QED) is 0.648. The van der Waals surface area contributed by atoms with E-state index in [0.717, 1.165) is 0 Å². The van der Waals surface area contributed by atoms with Crippen LogP contribution in [-0.4, -0.2) is 64.5 Å². The fraction of sp³-hybridized carbons (Fsp3) is 0.600. The summed E-state index contributed by atoms with van der Waals surface area (Å²) in [5.74, 6) is -0.658. The molecule has 19 heavy (non-hydrogen) atoms. The molecule has 0 saturated carbocycles. The maximum Gasteiger partial charge on any atom is 0.331 e. The summed E-state index contributed by atoms with van der Waals surface area (Å²) in [4.78, 5) is 28.9. The van der Waals surface area contributed by atoms with Crippen LogP contribution in [0.4, 0.5) is 5.95 Å².